The molecule has 0 aliphatic carbocycles. The second-order valence-corrected chi connectivity index (χ2v) is 8.66. The summed E-state index contributed by atoms with van der Waals surface area (Å²) in [5.74, 6) is 0.588. The van der Waals surface area contributed by atoms with Crippen molar-refractivity contribution < 1.29 is 4.79 Å². The zero-order valence-corrected chi connectivity index (χ0v) is 19.6. The molecule has 2 aromatic heterocycles. The van der Waals surface area contributed by atoms with Gasteiger partial charge >= 0.3 is 0 Å². The van der Waals surface area contributed by atoms with Crippen molar-refractivity contribution in [2.75, 3.05) is 5.32 Å². The summed E-state index contributed by atoms with van der Waals surface area (Å²) in [4.78, 5) is 20.8. The average molecular weight is 491 g/mol. The van der Waals surface area contributed by atoms with Gasteiger partial charge in [-0.3, -0.25) is 4.79 Å². The van der Waals surface area contributed by atoms with E-state index in [9.17, 15) is 4.79 Å². The van der Waals surface area contributed by atoms with Gasteiger partial charge in [-0.2, -0.15) is 0 Å². The number of amides is 1. The molecule has 0 spiro atoms. The fourth-order valence-electron chi connectivity index (χ4n) is 4.00. The third-order valence-corrected chi connectivity index (χ3v) is 6.12. The van der Waals surface area contributed by atoms with Crippen molar-refractivity contribution in [1.82, 2.24) is 25.0 Å². The molecule has 36 heavy (non-hydrogen) atoms. The fraction of sp³-hybridized carbons (Fsp3) is 0. The van der Waals surface area contributed by atoms with Crippen LogP contribution in [-0.2, 0) is 0 Å². The summed E-state index contributed by atoms with van der Waals surface area (Å²) in [6, 6.07) is 30.2. The van der Waals surface area contributed by atoms with E-state index in [1.807, 2.05) is 84.9 Å². The molecule has 2 N–H and O–H groups in total. The lowest BCUT2D eigenvalue weighted by Crippen LogP contribution is -2.12. The van der Waals surface area contributed by atoms with E-state index in [1.54, 1.807) is 23.0 Å². The number of hydrogen-bond donors (Lipinski definition) is 2. The quantitative estimate of drug-likeness (QED) is 0.293. The van der Waals surface area contributed by atoms with Gasteiger partial charge in [-0.25, -0.2) is 9.67 Å². The number of nitrogens with one attached hydrogen (secondary N) is 2. The number of H-pyrrole nitrogens is 1. The highest BCUT2D eigenvalue weighted by atomic mass is 35.5. The number of rotatable bonds is 5. The monoisotopic (exact) mass is 490 g/mol. The lowest BCUT2D eigenvalue weighted by molar-refractivity contribution is 0.102. The van der Waals surface area contributed by atoms with Gasteiger partial charge in [-0.15, -0.1) is 5.10 Å². The highest BCUT2D eigenvalue weighted by Crippen LogP contribution is 2.24. The molecule has 0 saturated heterocycles. The number of anilines is 1. The van der Waals surface area contributed by atoms with Crippen LogP contribution in [-0.4, -0.2) is 30.9 Å². The van der Waals surface area contributed by atoms with Gasteiger partial charge in [0.25, 0.3) is 5.91 Å². The number of carbonyl (C=O) groups is 1. The maximum absolute atomic E-state index is 12.8. The van der Waals surface area contributed by atoms with Gasteiger partial charge < -0.3 is 10.3 Å². The molecule has 2 heterocycles. The molecule has 6 rings (SSSR count). The number of nitrogens with zero attached hydrogens (tertiary/aromatic N) is 4. The van der Waals surface area contributed by atoms with E-state index in [2.05, 4.69) is 25.6 Å². The Morgan fingerprint density at radius 2 is 1.56 bits per heavy atom. The molecule has 0 aliphatic rings. The van der Waals surface area contributed by atoms with Gasteiger partial charge in [0, 0.05) is 27.4 Å². The summed E-state index contributed by atoms with van der Waals surface area (Å²) in [6.07, 6.45) is 1.69. The first kappa shape index (κ1) is 21.8. The maximum atomic E-state index is 12.8. The van der Waals surface area contributed by atoms with Crippen LogP contribution in [0, 0.1) is 0 Å². The van der Waals surface area contributed by atoms with Crippen LogP contribution in [0.5, 0.6) is 0 Å². The van der Waals surface area contributed by atoms with E-state index in [0.717, 1.165) is 39.4 Å². The van der Waals surface area contributed by atoms with Crippen LogP contribution in [0.3, 0.4) is 0 Å². The Bertz CT molecular complexity index is 1640. The first-order chi connectivity index (χ1) is 17.6. The van der Waals surface area contributed by atoms with E-state index < -0.39 is 0 Å². The lowest BCUT2D eigenvalue weighted by atomic mass is 10.1. The van der Waals surface area contributed by atoms with Gasteiger partial charge in [0.05, 0.1) is 28.6 Å². The predicted octanol–water partition coefficient (Wildman–Crippen LogP) is 6.38. The molecule has 174 valence electrons. The Labute approximate surface area is 211 Å². The number of halogens is 1. The Balaban J connectivity index is 1.17. The molecule has 0 bridgehead atoms. The maximum Gasteiger partial charge on any atom is 0.255 e. The smallest absolute Gasteiger partial charge is 0.255 e. The molecule has 0 radical (unpaired) electrons. The number of aromatic nitrogens is 5. The van der Waals surface area contributed by atoms with Crippen LogP contribution in [0.1, 0.15) is 10.4 Å². The van der Waals surface area contributed by atoms with E-state index in [4.69, 9.17) is 11.6 Å². The third kappa shape index (κ3) is 4.23. The van der Waals surface area contributed by atoms with Gasteiger partial charge in [0.15, 0.2) is 0 Å². The molecule has 4 aromatic carbocycles. The highest BCUT2D eigenvalue weighted by Gasteiger charge is 2.12. The van der Waals surface area contributed by atoms with Crippen LogP contribution < -0.4 is 5.32 Å². The summed E-state index contributed by atoms with van der Waals surface area (Å²) in [6.45, 7) is 0. The molecular weight excluding hydrogens is 472 g/mol. The molecule has 0 saturated carbocycles. The minimum Gasteiger partial charge on any atom is -0.338 e. The number of aromatic amines is 1. The van der Waals surface area contributed by atoms with E-state index in [1.165, 1.54) is 0 Å². The van der Waals surface area contributed by atoms with Crippen LogP contribution in [0.25, 0.3) is 39.4 Å². The minimum absolute atomic E-state index is 0.199. The van der Waals surface area contributed by atoms with Crippen LogP contribution >= 0.6 is 11.6 Å². The molecular formula is C28H19ClN6O. The minimum atomic E-state index is -0.199. The Morgan fingerprint density at radius 1 is 0.833 bits per heavy atom. The van der Waals surface area contributed by atoms with Gasteiger partial charge in [0.2, 0.25) is 0 Å². The Kier molecular flexibility index (Phi) is 5.52. The van der Waals surface area contributed by atoms with Gasteiger partial charge in [0.1, 0.15) is 5.82 Å². The topological polar surface area (TPSA) is 88.5 Å². The summed E-state index contributed by atoms with van der Waals surface area (Å²) in [7, 11) is 0. The number of fused-ring (bicyclic) bond motifs is 1. The van der Waals surface area contributed by atoms with Crippen molar-refractivity contribution in [1.29, 1.82) is 0 Å². The van der Waals surface area contributed by atoms with Crippen molar-refractivity contribution >= 4 is 34.2 Å². The average Bonchev–Trinajstić information content (AvgIpc) is 3.57. The highest BCUT2D eigenvalue weighted by molar-refractivity contribution is 6.30. The van der Waals surface area contributed by atoms with Crippen molar-refractivity contribution in [2.45, 2.75) is 0 Å². The molecule has 0 atom stereocenters. The number of benzene rings is 4. The van der Waals surface area contributed by atoms with Crippen molar-refractivity contribution in [2.24, 2.45) is 0 Å². The van der Waals surface area contributed by atoms with Crippen LogP contribution in [0.2, 0.25) is 5.02 Å². The van der Waals surface area contributed by atoms with E-state index in [0.29, 0.717) is 16.3 Å². The van der Waals surface area contributed by atoms with E-state index >= 15 is 0 Å². The number of para-hydroxylation sites is 2. The van der Waals surface area contributed by atoms with Gasteiger partial charge in [-0.1, -0.05) is 41.1 Å². The summed E-state index contributed by atoms with van der Waals surface area (Å²) >= 11 is 6.01. The van der Waals surface area contributed by atoms with E-state index in [-0.39, 0.29) is 5.91 Å². The number of hydrogen-bond acceptors (Lipinski definition) is 4. The standard InChI is InChI=1S/C28H19ClN6O/c29-21-11-5-18(6-12-21)26-17-30-34-35(26)23-15-9-20(10-16-23)28(36)31-22-13-7-19(8-14-22)27-32-24-3-1-2-4-25(24)33-27/h1-17H,(H,31,36)(H,32,33). The fourth-order valence-corrected chi connectivity index (χ4v) is 4.13. The second kappa shape index (κ2) is 9.13. The number of imidazole rings is 1. The molecule has 1 amide bonds. The molecule has 0 fully saturated rings. The SMILES string of the molecule is O=C(Nc1ccc(-c2nc3ccccc3[nH]2)cc1)c1ccc(-n2nncc2-c2ccc(Cl)cc2)cc1. The van der Waals surface area contributed by atoms with Crippen molar-refractivity contribution in [3.63, 3.8) is 0 Å². The third-order valence-electron chi connectivity index (χ3n) is 5.87. The predicted molar refractivity (Wildman–Crippen MR) is 141 cm³/mol. The summed E-state index contributed by atoms with van der Waals surface area (Å²) in [5.41, 5.74) is 6.64. The second-order valence-electron chi connectivity index (χ2n) is 8.22. The molecule has 7 nitrogen and oxygen atoms in total. The zero-order chi connectivity index (χ0) is 24.5. The number of carbonyl (C=O) groups excluding carboxylic acids is 1. The first-order valence-corrected chi connectivity index (χ1v) is 11.7. The molecule has 0 unspecified atom stereocenters. The molecule has 0 aliphatic heterocycles. The Morgan fingerprint density at radius 3 is 2.31 bits per heavy atom. The normalized spacial score (nSPS) is 11.0. The molecule has 8 heteroatoms. The van der Waals surface area contributed by atoms with Crippen LogP contribution in [0.15, 0.2) is 103 Å². The molecule has 6 aromatic rings. The Hall–Kier alpha value is -4.75. The van der Waals surface area contributed by atoms with Crippen LogP contribution in [0.4, 0.5) is 5.69 Å². The lowest BCUT2D eigenvalue weighted by Gasteiger charge is -2.09. The zero-order valence-electron chi connectivity index (χ0n) is 18.9. The van der Waals surface area contributed by atoms with Gasteiger partial charge in [-0.05, 0) is 72.8 Å². The first-order valence-electron chi connectivity index (χ1n) is 11.3. The largest absolute Gasteiger partial charge is 0.338 e. The van der Waals surface area contributed by atoms with Crippen molar-refractivity contribution in [3.8, 4) is 28.3 Å². The summed E-state index contributed by atoms with van der Waals surface area (Å²) < 4.78 is 1.72. The van der Waals surface area contributed by atoms with Crippen molar-refractivity contribution in [3.05, 3.63) is 114 Å². The summed E-state index contributed by atoms with van der Waals surface area (Å²) in [5, 5.41) is 11.9.